The van der Waals surface area contributed by atoms with Gasteiger partial charge in [0.05, 0.1) is 27.7 Å². The fourth-order valence-electron chi connectivity index (χ4n) is 1.81. The van der Waals surface area contributed by atoms with E-state index in [-0.39, 0.29) is 17.9 Å². The van der Waals surface area contributed by atoms with Crippen LogP contribution in [0.15, 0.2) is 24.3 Å². The number of aryl methyl sites for hydroxylation is 2. The number of hydrogen-bond acceptors (Lipinski definition) is 4. The van der Waals surface area contributed by atoms with Crippen LogP contribution in [-0.4, -0.2) is 15.7 Å². The Morgan fingerprint density at radius 1 is 1.50 bits per heavy atom. The number of hydrogen-bond donors (Lipinski definition) is 1. The third-order valence-corrected chi connectivity index (χ3v) is 3.34. The quantitative estimate of drug-likeness (QED) is 0.695. The first-order chi connectivity index (χ1) is 9.52. The molecule has 0 spiro atoms. The van der Waals surface area contributed by atoms with Crippen molar-refractivity contribution < 1.29 is 9.53 Å². The number of nitrogens with zero attached hydrogens (tertiary/aromatic N) is 2. The predicted octanol–water partition coefficient (Wildman–Crippen LogP) is 2.58. The van der Waals surface area contributed by atoms with Gasteiger partial charge in [-0.05, 0) is 24.6 Å². The fraction of sp³-hybridized carbons (Fsp3) is 0.286. The molecule has 0 radical (unpaired) electrons. The smallest absolute Gasteiger partial charge is 0.340 e. The fourth-order valence-corrected chi connectivity index (χ4v) is 1.99. The van der Waals surface area contributed by atoms with Crippen molar-refractivity contribution in [2.24, 2.45) is 7.05 Å². The summed E-state index contributed by atoms with van der Waals surface area (Å²) in [6, 6.07) is 6.79. The summed E-state index contributed by atoms with van der Waals surface area (Å²) in [5.41, 5.74) is 8.05. The first-order valence-electron chi connectivity index (χ1n) is 6.25. The van der Waals surface area contributed by atoms with E-state index in [4.69, 9.17) is 22.1 Å². The molecule has 0 saturated carbocycles. The Hall–Kier alpha value is -2.01. The Morgan fingerprint density at radius 2 is 2.25 bits per heavy atom. The molecule has 2 rings (SSSR count). The highest BCUT2D eigenvalue weighted by Crippen LogP contribution is 2.23. The number of benzene rings is 1. The zero-order valence-corrected chi connectivity index (χ0v) is 12.1. The number of carbonyl (C=O) groups excluding carboxylic acids is 1. The molecule has 0 aliphatic rings. The van der Waals surface area contributed by atoms with Crippen LogP contribution in [0, 0.1) is 0 Å². The number of halogens is 1. The molecule has 5 nitrogen and oxygen atoms in total. The standard InChI is InChI=1S/C14H16ClN3O2/c1-3-9-7-10(18(2)17-9)8-20-14(19)11-5-4-6-12(15)13(11)16/h4-7H,3,8,16H2,1-2H3. The van der Waals surface area contributed by atoms with Crippen LogP contribution in [0.2, 0.25) is 5.02 Å². The lowest BCUT2D eigenvalue weighted by molar-refractivity contribution is 0.0465. The van der Waals surface area contributed by atoms with Gasteiger partial charge in [0.1, 0.15) is 6.61 Å². The van der Waals surface area contributed by atoms with Gasteiger partial charge in [0.15, 0.2) is 0 Å². The van der Waals surface area contributed by atoms with E-state index in [1.165, 1.54) is 0 Å². The Bertz CT molecular complexity index is 637. The number of esters is 1. The Labute approximate surface area is 122 Å². The highest BCUT2D eigenvalue weighted by atomic mass is 35.5. The molecular formula is C14H16ClN3O2. The molecule has 0 saturated heterocycles. The number of nitrogens with two attached hydrogens (primary N) is 1. The minimum absolute atomic E-state index is 0.147. The van der Waals surface area contributed by atoms with Crippen LogP contribution in [0.1, 0.15) is 28.7 Å². The minimum Gasteiger partial charge on any atom is -0.456 e. The van der Waals surface area contributed by atoms with Crippen LogP contribution in [0.5, 0.6) is 0 Å². The van der Waals surface area contributed by atoms with Gasteiger partial charge in [-0.25, -0.2) is 4.79 Å². The topological polar surface area (TPSA) is 70.1 Å². The molecule has 1 aromatic carbocycles. The van der Waals surface area contributed by atoms with Gasteiger partial charge in [-0.2, -0.15) is 5.10 Å². The molecule has 6 heteroatoms. The zero-order chi connectivity index (χ0) is 14.7. The molecule has 2 N–H and O–H groups in total. The average Bonchev–Trinajstić information content (AvgIpc) is 2.80. The van der Waals surface area contributed by atoms with Gasteiger partial charge >= 0.3 is 5.97 Å². The van der Waals surface area contributed by atoms with E-state index in [1.54, 1.807) is 22.9 Å². The maximum atomic E-state index is 12.0. The Morgan fingerprint density at radius 3 is 2.90 bits per heavy atom. The molecular weight excluding hydrogens is 278 g/mol. The van der Waals surface area contributed by atoms with Crippen molar-refractivity contribution in [2.45, 2.75) is 20.0 Å². The predicted molar refractivity (Wildman–Crippen MR) is 77.6 cm³/mol. The van der Waals surface area contributed by atoms with Gasteiger partial charge < -0.3 is 10.5 Å². The second-order valence-corrected chi connectivity index (χ2v) is 4.79. The Balaban J connectivity index is 2.08. The number of ether oxygens (including phenoxy) is 1. The van der Waals surface area contributed by atoms with E-state index in [0.29, 0.717) is 5.02 Å². The van der Waals surface area contributed by atoms with Crippen LogP contribution < -0.4 is 5.73 Å². The van der Waals surface area contributed by atoms with Crippen LogP contribution in [0.25, 0.3) is 0 Å². The molecule has 20 heavy (non-hydrogen) atoms. The number of para-hydroxylation sites is 1. The highest BCUT2D eigenvalue weighted by molar-refractivity contribution is 6.33. The molecule has 0 fully saturated rings. The summed E-state index contributed by atoms with van der Waals surface area (Å²) in [7, 11) is 1.82. The Kier molecular flexibility index (Phi) is 4.29. The third kappa shape index (κ3) is 2.93. The molecule has 0 atom stereocenters. The summed E-state index contributed by atoms with van der Waals surface area (Å²) in [6.07, 6.45) is 0.836. The number of anilines is 1. The summed E-state index contributed by atoms with van der Waals surface area (Å²) in [6.45, 7) is 2.17. The van der Waals surface area contributed by atoms with Crippen molar-refractivity contribution in [3.63, 3.8) is 0 Å². The van der Waals surface area contributed by atoms with Crippen LogP contribution >= 0.6 is 11.6 Å². The molecule has 0 aliphatic carbocycles. The van der Waals surface area contributed by atoms with Crippen molar-refractivity contribution >= 4 is 23.3 Å². The lowest BCUT2D eigenvalue weighted by atomic mass is 10.2. The van der Waals surface area contributed by atoms with E-state index in [2.05, 4.69) is 5.10 Å². The number of carbonyl (C=O) groups is 1. The first-order valence-corrected chi connectivity index (χ1v) is 6.63. The summed E-state index contributed by atoms with van der Waals surface area (Å²) < 4.78 is 6.95. The van der Waals surface area contributed by atoms with Gasteiger partial charge in [0.25, 0.3) is 0 Å². The zero-order valence-electron chi connectivity index (χ0n) is 11.4. The van der Waals surface area contributed by atoms with Gasteiger partial charge in [-0.3, -0.25) is 4.68 Å². The van der Waals surface area contributed by atoms with Crippen molar-refractivity contribution in [1.82, 2.24) is 9.78 Å². The lowest BCUT2D eigenvalue weighted by Gasteiger charge is -2.08. The van der Waals surface area contributed by atoms with E-state index >= 15 is 0 Å². The normalized spacial score (nSPS) is 10.6. The molecule has 1 heterocycles. The maximum absolute atomic E-state index is 12.0. The van der Waals surface area contributed by atoms with E-state index < -0.39 is 5.97 Å². The van der Waals surface area contributed by atoms with Crippen LogP contribution in [-0.2, 0) is 24.8 Å². The molecule has 1 aromatic heterocycles. The van der Waals surface area contributed by atoms with Crippen LogP contribution in [0.3, 0.4) is 0 Å². The van der Waals surface area contributed by atoms with E-state index in [9.17, 15) is 4.79 Å². The number of rotatable bonds is 4. The third-order valence-electron chi connectivity index (χ3n) is 3.01. The molecule has 0 aliphatic heterocycles. The van der Waals surface area contributed by atoms with Gasteiger partial charge in [0, 0.05) is 7.05 Å². The van der Waals surface area contributed by atoms with Crippen molar-refractivity contribution in [2.75, 3.05) is 5.73 Å². The van der Waals surface area contributed by atoms with Crippen molar-refractivity contribution in [3.8, 4) is 0 Å². The van der Waals surface area contributed by atoms with Crippen molar-refractivity contribution in [3.05, 3.63) is 46.2 Å². The first kappa shape index (κ1) is 14.4. The molecule has 0 amide bonds. The highest BCUT2D eigenvalue weighted by Gasteiger charge is 2.14. The second-order valence-electron chi connectivity index (χ2n) is 4.38. The van der Waals surface area contributed by atoms with Crippen molar-refractivity contribution in [1.29, 1.82) is 0 Å². The molecule has 2 aromatic rings. The largest absolute Gasteiger partial charge is 0.456 e. The maximum Gasteiger partial charge on any atom is 0.340 e. The van der Waals surface area contributed by atoms with E-state index in [0.717, 1.165) is 17.8 Å². The second kappa shape index (κ2) is 5.96. The average molecular weight is 294 g/mol. The molecule has 106 valence electrons. The monoisotopic (exact) mass is 293 g/mol. The molecule has 0 bridgehead atoms. The van der Waals surface area contributed by atoms with Gasteiger partial charge in [-0.15, -0.1) is 0 Å². The SMILES string of the molecule is CCc1cc(COC(=O)c2cccc(Cl)c2N)n(C)n1. The summed E-state index contributed by atoms with van der Waals surface area (Å²) >= 11 is 5.88. The number of aromatic nitrogens is 2. The van der Waals surface area contributed by atoms with Crippen LogP contribution in [0.4, 0.5) is 5.69 Å². The summed E-state index contributed by atoms with van der Waals surface area (Å²) in [4.78, 5) is 12.0. The number of nitrogen functional groups attached to an aromatic ring is 1. The van der Waals surface area contributed by atoms with Gasteiger partial charge in [-0.1, -0.05) is 24.6 Å². The lowest BCUT2D eigenvalue weighted by Crippen LogP contribution is -2.10. The molecule has 0 unspecified atom stereocenters. The van der Waals surface area contributed by atoms with Gasteiger partial charge in [0.2, 0.25) is 0 Å². The minimum atomic E-state index is -0.496. The van der Waals surface area contributed by atoms with E-state index in [1.807, 2.05) is 20.0 Å². The summed E-state index contributed by atoms with van der Waals surface area (Å²) in [5.74, 6) is -0.496. The summed E-state index contributed by atoms with van der Waals surface area (Å²) in [5, 5.41) is 4.63.